The molecule has 0 aromatic heterocycles. The van der Waals surface area contributed by atoms with Gasteiger partial charge in [0.15, 0.2) is 0 Å². The summed E-state index contributed by atoms with van der Waals surface area (Å²) < 4.78 is 1.01. The molecule has 0 fully saturated rings. The molecular weight excluding hydrogens is 322 g/mol. The maximum Gasteiger partial charge on any atom is 0.305 e. The first-order valence-corrected chi connectivity index (χ1v) is 6.95. The van der Waals surface area contributed by atoms with Crippen molar-refractivity contribution in [1.29, 1.82) is 0 Å². The number of halogens is 1. The number of carboxylic acid groups (broad SMARTS) is 1. The summed E-state index contributed by atoms with van der Waals surface area (Å²) in [6.45, 7) is 1.83. The van der Waals surface area contributed by atoms with Crippen LogP contribution in [0, 0.1) is 0 Å². The molecule has 1 aromatic rings. The third kappa shape index (κ3) is 6.14. The van der Waals surface area contributed by atoms with Gasteiger partial charge in [-0.15, -0.1) is 0 Å². The maximum absolute atomic E-state index is 10.5. The number of benzene rings is 1. The number of carboxylic acids is 1. The molecule has 0 saturated carbocycles. The van der Waals surface area contributed by atoms with Crippen LogP contribution in [0.1, 0.15) is 18.9 Å². The lowest BCUT2D eigenvalue weighted by Gasteiger charge is -2.13. The number of nitrogens with two attached hydrogens (primary N) is 1. The Morgan fingerprint density at radius 1 is 1.40 bits per heavy atom. The van der Waals surface area contributed by atoms with Crippen LogP contribution in [0.2, 0.25) is 0 Å². The molecule has 0 heterocycles. The van der Waals surface area contributed by atoms with Gasteiger partial charge in [0.05, 0.1) is 12.5 Å². The molecule has 2 atom stereocenters. The molecule has 0 aliphatic rings. The quantitative estimate of drug-likeness (QED) is 0.695. The summed E-state index contributed by atoms with van der Waals surface area (Å²) in [5.74, 6) is -1.02. The second-order valence-electron chi connectivity index (χ2n) is 4.55. The number of aliphatic carboxylic acids is 1. The predicted molar refractivity (Wildman–Crippen MR) is 83.2 cm³/mol. The van der Waals surface area contributed by atoms with E-state index >= 15 is 0 Å². The molecule has 0 aliphatic carbocycles. The third-order valence-electron chi connectivity index (χ3n) is 2.69. The molecule has 4 N–H and O–H groups in total. The Hall–Kier alpha value is -1.43. The highest BCUT2D eigenvalue weighted by atomic mass is 79.9. The molecule has 20 heavy (non-hydrogen) atoms. The van der Waals surface area contributed by atoms with Crippen LogP contribution in [0.5, 0.6) is 0 Å². The van der Waals surface area contributed by atoms with Crippen molar-refractivity contribution in [1.82, 2.24) is 0 Å². The van der Waals surface area contributed by atoms with Crippen LogP contribution in [-0.2, 0) is 4.79 Å². The summed E-state index contributed by atoms with van der Waals surface area (Å²) in [4.78, 5) is 10.5. The lowest BCUT2D eigenvalue weighted by Crippen LogP contribution is -2.35. The molecule has 0 amide bonds. The molecule has 4 nitrogen and oxygen atoms in total. The van der Waals surface area contributed by atoms with Gasteiger partial charge in [-0.1, -0.05) is 51.9 Å². The molecule has 0 bridgehead atoms. The van der Waals surface area contributed by atoms with E-state index in [1.165, 1.54) is 0 Å². The van der Waals surface area contributed by atoms with Gasteiger partial charge in [-0.3, -0.25) is 4.79 Å². The molecule has 2 unspecified atom stereocenters. The highest BCUT2D eigenvalue weighted by Gasteiger charge is 2.15. The van der Waals surface area contributed by atoms with Crippen LogP contribution in [0.4, 0.5) is 0 Å². The maximum atomic E-state index is 10.5. The topological polar surface area (TPSA) is 83.5 Å². The minimum Gasteiger partial charge on any atom is -0.481 e. The van der Waals surface area contributed by atoms with Crippen LogP contribution >= 0.6 is 15.9 Å². The Morgan fingerprint density at radius 3 is 2.55 bits per heavy atom. The van der Waals surface area contributed by atoms with E-state index in [9.17, 15) is 9.90 Å². The van der Waals surface area contributed by atoms with Gasteiger partial charge < -0.3 is 15.9 Å². The van der Waals surface area contributed by atoms with E-state index in [2.05, 4.69) is 15.9 Å². The highest BCUT2D eigenvalue weighted by molar-refractivity contribution is 9.10. The van der Waals surface area contributed by atoms with Gasteiger partial charge >= 0.3 is 5.97 Å². The third-order valence-corrected chi connectivity index (χ3v) is 3.22. The SMILES string of the molecule is CC(/C=C/c1ccc(Br)cc1)=C\C(O)C(N)CC(=O)O. The number of rotatable bonds is 6. The van der Waals surface area contributed by atoms with Crippen molar-refractivity contribution in [3.05, 3.63) is 52.0 Å². The van der Waals surface area contributed by atoms with Crippen LogP contribution < -0.4 is 5.73 Å². The van der Waals surface area contributed by atoms with E-state index < -0.39 is 18.1 Å². The average molecular weight is 340 g/mol. The highest BCUT2D eigenvalue weighted by Crippen LogP contribution is 2.12. The lowest BCUT2D eigenvalue weighted by molar-refractivity contribution is -0.137. The number of carbonyl (C=O) groups is 1. The number of allylic oxidation sites excluding steroid dienone is 2. The Bertz CT molecular complexity index is 508. The summed E-state index contributed by atoms with van der Waals surface area (Å²) in [6, 6.07) is 7.00. The van der Waals surface area contributed by atoms with Crippen LogP contribution in [0.15, 0.2) is 46.5 Å². The minimum absolute atomic E-state index is 0.263. The van der Waals surface area contributed by atoms with E-state index in [0.29, 0.717) is 0 Å². The molecule has 0 radical (unpaired) electrons. The Morgan fingerprint density at radius 2 is 2.00 bits per heavy atom. The smallest absolute Gasteiger partial charge is 0.305 e. The van der Waals surface area contributed by atoms with Crippen molar-refractivity contribution in [3.8, 4) is 0 Å². The summed E-state index contributed by atoms with van der Waals surface area (Å²) >= 11 is 3.36. The summed E-state index contributed by atoms with van der Waals surface area (Å²) in [5.41, 5.74) is 7.44. The Balaban J connectivity index is 2.64. The summed E-state index contributed by atoms with van der Waals surface area (Å²) in [5, 5.41) is 18.4. The van der Waals surface area contributed by atoms with E-state index in [1.807, 2.05) is 43.3 Å². The van der Waals surface area contributed by atoms with Gasteiger partial charge in [-0.25, -0.2) is 0 Å². The molecule has 0 saturated heterocycles. The second kappa shape index (κ2) is 7.99. The Kier molecular flexibility index (Phi) is 6.64. The van der Waals surface area contributed by atoms with Crippen molar-refractivity contribution in [2.24, 2.45) is 5.73 Å². The molecule has 1 rings (SSSR count). The summed E-state index contributed by atoms with van der Waals surface area (Å²) in [7, 11) is 0. The lowest BCUT2D eigenvalue weighted by atomic mass is 10.1. The zero-order chi connectivity index (χ0) is 15.1. The summed E-state index contributed by atoms with van der Waals surface area (Å²) in [6.07, 6.45) is 4.08. The molecule has 0 spiro atoms. The number of hydrogen-bond acceptors (Lipinski definition) is 3. The van der Waals surface area contributed by atoms with Crippen molar-refractivity contribution in [2.45, 2.75) is 25.5 Å². The normalized spacial score (nSPS) is 15.3. The van der Waals surface area contributed by atoms with Crippen LogP contribution in [0.25, 0.3) is 6.08 Å². The van der Waals surface area contributed by atoms with E-state index in [1.54, 1.807) is 6.08 Å². The predicted octanol–water partition coefficient (Wildman–Crippen LogP) is 2.57. The van der Waals surface area contributed by atoms with E-state index in [-0.39, 0.29) is 6.42 Å². The molecule has 5 heteroatoms. The zero-order valence-electron chi connectivity index (χ0n) is 11.2. The zero-order valence-corrected chi connectivity index (χ0v) is 12.7. The number of aliphatic hydroxyl groups is 1. The van der Waals surface area contributed by atoms with Crippen LogP contribution in [-0.4, -0.2) is 28.3 Å². The van der Waals surface area contributed by atoms with Gasteiger partial charge in [0, 0.05) is 10.5 Å². The molecule has 0 aliphatic heterocycles. The largest absolute Gasteiger partial charge is 0.481 e. The first-order chi connectivity index (χ1) is 9.38. The van der Waals surface area contributed by atoms with Gasteiger partial charge in [0.2, 0.25) is 0 Å². The van der Waals surface area contributed by atoms with Crippen LogP contribution in [0.3, 0.4) is 0 Å². The van der Waals surface area contributed by atoms with Crippen molar-refractivity contribution >= 4 is 28.0 Å². The fourth-order valence-corrected chi connectivity index (χ4v) is 1.84. The van der Waals surface area contributed by atoms with Crippen molar-refractivity contribution < 1.29 is 15.0 Å². The monoisotopic (exact) mass is 339 g/mol. The van der Waals surface area contributed by atoms with Gasteiger partial charge in [-0.2, -0.15) is 0 Å². The van der Waals surface area contributed by atoms with Gasteiger partial charge in [0.1, 0.15) is 0 Å². The van der Waals surface area contributed by atoms with Crippen molar-refractivity contribution in [3.63, 3.8) is 0 Å². The fourth-order valence-electron chi connectivity index (χ4n) is 1.57. The first-order valence-electron chi connectivity index (χ1n) is 6.16. The first kappa shape index (κ1) is 16.6. The van der Waals surface area contributed by atoms with E-state index in [4.69, 9.17) is 10.8 Å². The molecule has 1 aromatic carbocycles. The molecule has 108 valence electrons. The fraction of sp³-hybridized carbons (Fsp3) is 0.267. The molecular formula is C15H18BrNO3. The average Bonchev–Trinajstić information content (AvgIpc) is 2.37. The number of hydrogen-bond donors (Lipinski definition) is 3. The van der Waals surface area contributed by atoms with E-state index in [0.717, 1.165) is 15.6 Å². The van der Waals surface area contributed by atoms with Gasteiger partial charge in [0.25, 0.3) is 0 Å². The standard InChI is InChI=1S/C15H18BrNO3/c1-10(8-14(18)13(17)9-15(19)20)2-3-11-4-6-12(16)7-5-11/h2-8,13-14,18H,9,17H2,1H3,(H,19,20)/b3-2+,10-8+. The number of aliphatic hydroxyl groups excluding tert-OH is 1. The van der Waals surface area contributed by atoms with Crippen molar-refractivity contribution in [2.75, 3.05) is 0 Å². The second-order valence-corrected chi connectivity index (χ2v) is 5.46. The van der Waals surface area contributed by atoms with Gasteiger partial charge in [-0.05, 0) is 24.6 Å². The minimum atomic E-state index is -1.02. The Labute approximate surface area is 126 Å².